The molecule has 0 saturated heterocycles. The molecular weight excluding hydrogens is 244 g/mol. The Morgan fingerprint density at radius 3 is 2.47 bits per heavy atom. The maximum atomic E-state index is 11.5. The van der Waals surface area contributed by atoms with Crippen LogP contribution >= 0.6 is 0 Å². The summed E-state index contributed by atoms with van der Waals surface area (Å²) < 4.78 is 10.4. The molecule has 1 aliphatic carbocycles. The second kappa shape index (κ2) is 7.10. The van der Waals surface area contributed by atoms with Crippen LogP contribution in [0.4, 0.5) is 4.79 Å². The highest BCUT2D eigenvalue weighted by Crippen LogP contribution is 2.32. The van der Waals surface area contributed by atoms with Gasteiger partial charge in [-0.15, -0.1) is 0 Å². The minimum absolute atomic E-state index is 0.202. The summed E-state index contributed by atoms with van der Waals surface area (Å²) in [5, 5.41) is 6.28. The van der Waals surface area contributed by atoms with Crippen LogP contribution in [0.2, 0.25) is 0 Å². The summed E-state index contributed by atoms with van der Waals surface area (Å²) in [6, 6.07) is 0.591. The number of alkyl carbamates (subject to hydrolysis) is 1. The van der Waals surface area contributed by atoms with E-state index in [1.807, 2.05) is 20.8 Å². The number of hydrogen-bond acceptors (Lipinski definition) is 4. The van der Waals surface area contributed by atoms with Crippen LogP contribution in [-0.2, 0) is 9.47 Å². The molecule has 1 amide bonds. The Morgan fingerprint density at radius 2 is 2.00 bits per heavy atom. The van der Waals surface area contributed by atoms with Gasteiger partial charge in [0, 0.05) is 25.7 Å². The van der Waals surface area contributed by atoms with Crippen LogP contribution < -0.4 is 10.6 Å². The lowest BCUT2D eigenvalue weighted by atomic mass is 10.1. The van der Waals surface area contributed by atoms with Gasteiger partial charge in [-0.05, 0) is 46.5 Å². The quantitative estimate of drug-likeness (QED) is 0.743. The molecule has 5 heteroatoms. The normalized spacial score (nSPS) is 18.8. The highest BCUT2D eigenvalue weighted by molar-refractivity contribution is 5.67. The molecular formula is C14H28N2O3. The highest BCUT2D eigenvalue weighted by atomic mass is 16.6. The van der Waals surface area contributed by atoms with E-state index in [9.17, 15) is 4.79 Å². The maximum absolute atomic E-state index is 11.5. The molecule has 2 atom stereocenters. The Bertz CT molecular complexity index is 285. The zero-order chi connectivity index (χ0) is 14.5. The topological polar surface area (TPSA) is 59.6 Å². The number of amides is 1. The summed E-state index contributed by atoms with van der Waals surface area (Å²) in [5.41, 5.74) is -0.451. The van der Waals surface area contributed by atoms with Crippen LogP contribution in [0.1, 0.15) is 40.5 Å². The van der Waals surface area contributed by atoms with Crippen molar-refractivity contribution in [1.29, 1.82) is 0 Å². The van der Waals surface area contributed by atoms with Gasteiger partial charge >= 0.3 is 6.09 Å². The lowest BCUT2D eigenvalue weighted by molar-refractivity contribution is 0.0521. The van der Waals surface area contributed by atoms with Crippen molar-refractivity contribution in [2.75, 3.05) is 20.3 Å². The van der Waals surface area contributed by atoms with E-state index in [1.165, 1.54) is 12.8 Å². The summed E-state index contributed by atoms with van der Waals surface area (Å²) in [7, 11) is 1.72. The van der Waals surface area contributed by atoms with Gasteiger partial charge in [-0.25, -0.2) is 4.79 Å². The van der Waals surface area contributed by atoms with Crippen LogP contribution in [0, 0.1) is 5.92 Å². The fraction of sp³-hybridized carbons (Fsp3) is 0.929. The Morgan fingerprint density at radius 1 is 1.37 bits per heavy atom. The number of carbonyl (C=O) groups is 1. The third-order valence-electron chi connectivity index (χ3n) is 2.99. The van der Waals surface area contributed by atoms with Crippen molar-refractivity contribution in [3.63, 3.8) is 0 Å². The van der Waals surface area contributed by atoms with Crippen molar-refractivity contribution in [3.05, 3.63) is 0 Å². The molecule has 0 aromatic heterocycles. The summed E-state index contributed by atoms with van der Waals surface area (Å²) in [4.78, 5) is 11.5. The first kappa shape index (κ1) is 16.2. The van der Waals surface area contributed by atoms with Gasteiger partial charge in [-0.2, -0.15) is 0 Å². The van der Waals surface area contributed by atoms with E-state index in [4.69, 9.17) is 9.47 Å². The zero-order valence-electron chi connectivity index (χ0n) is 12.8. The van der Waals surface area contributed by atoms with Gasteiger partial charge in [0.05, 0.1) is 6.61 Å². The zero-order valence-corrected chi connectivity index (χ0v) is 12.8. The maximum Gasteiger partial charge on any atom is 0.407 e. The molecule has 0 bridgehead atoms. The summed E-state index contributed by atoms with van der Waals surface area (Å²) in [5.74, 6) is 0.726. The largest absolute Gasteiger partial charge is 0.444 e. The smallest absolute Gasteiger partial charge is 0.407 e. The minimum Gasteiger partial charge on any atom is -0.444 e. The second-order valence-electron chi connectivity index (χ2n) is 6.35. The lowest BCUT2D eigenvalue weighted by Gasteiger charge is -2.24. The number of rotatable bonds is 7. The Hall–Kier alpha value is -0.810. The van der Waals surface area contributed by atoms with E-state index in [1.54, 1.807) is 7.11 Å². The van der Waals surface area contributed by atoms with Crippen molar-refractivity contribution in [2.45, 2.75) is 58.2 Å². The number of carbonyl (C=O) groups excluding carboxylic acids is 1. The average Bonchev–Trinajstić information content (AvgIpc) is 3.07. The first-order valence-corrected chi connectivity index (χ1v) is 7.03. The minimum atomic E-state index is -0.451. The van der Waals surface area contributed by atoms with Gasteiger partial charge in [-0.1, -0.05) is 0 Å². The number of hydrogen-bond donors (Lipinski definition) is 2. The van der Waals surface area contributed by atoms with Crippen LogP contribution in [0.5, 0.6) is 0 Å². The SMILES string of the molecule is COCC(NC(C)CNC(=O)OC(C)(C)C)C1CC1. The van der Waals surface area contributed by atoms with Gasteiger partial charge in [0.2, 0.25) is 0 Å². The summed E-state index contributed by atoms with van der Waals surface area (Å²) in [6.07, 6.45) is 2.18. The van der Waals surface area contributed by atoms with E-state index in [-0.39, 0.29) is 12.1 Å². The molecule has 0 spiro atoms. The van der Waals surface area contributed by atoms with Crippen molar-refractivity contribution in [2.24, 2.45) is 5.92 Å². The molecule has 0 aliphatic heterocycles. The van der Waals surface area contributed by atoms with E-state index in [0.717, 1.165) is 12.5 Å². The highest BCUT2D eigenvalue weighted by Gasteiger charge is 2.31. The molecule has 1 aliphatic rings. The molecule has 0 aromatic rings. The molecule has 0 radical (unpaired) electrons. The van der Waals surface area contributed by atoms with Crippen LogP contribution in [0.15, 0.2) is 0 Å². The molecule has 19 heavy (non-hydrogen) atoms. The Labute approximate surface area is 116 Å². The third-order valence-corrected chi connectivity index (χ3v) is 2.99. The van der Waals surface area contributed by atoms with Crippen molar-refractivity contribution >= 4 is 6.09 Å². The molecule has 1 fully saturated rings. The molecule has 1 rings (SSSR count). The molecule has 2 N–H and O–H groups in total. The van der Waals surface area contributed by atoms with E-state index in [0.29, 0.717) is 12.6 Å². The van der Waals surface area contributed by atoms with E-state index in [2.05, 4.69) is 17.6 Å². The lowest BCUT2D eigenvalue weighted by Crippen LogP contribution is -2.47. The predicted molar refractivity (Wildman–Crippen MR) is 75.2 cm³/mol. The number of nitrogens with one attached hydrogen (secondary N) is 2. The number of ether oxygens (including phenoxy) is 2. The Kier molecular flexibility index (Phi) is 6.07. The molecule has 0 aromatic carbocycles. The first-order valence-electron chi connectivity index (χ1n) is 7.03. The molecule has 1 saturated carbocycles. The third kappa shape index (κ3) is 7.38. The Balaban J connectivity index is 2.22. The van der Waals surface area contributed by atoms with Crippen molar-refractivity contribution in [3.8, 4) is 0 Å². The van der Waals surface area contributed by atoms with Crippen molar-refractivity contribution in [1.82, 2.24) is 10.6 Å². The van der Waals surface area contributed by atoms with Gasteiger partial charge in [0.25, 0.3) is 0 Å². The predicted octanol–water partition coefficient (Wildman–Crippen LogP) is 1.91. The van der Waals surface area contributed by atoms with Gasteiger partial charge in [0.15, 0.2) is 0 Å². The molecule has 2 unspecified atom stereocenters. The van der Waals surface area contributed by atoms with Crippen LogP contribution in [-0.4, -0.2) is 44.0 Å². The van der Waals surface area contributed by atoms with Gasteiger partial charge < -0.3 is 20.1 Å². The number of methoxy groups -OCH3 is 1. The van der Waals surface area contributed by atoms with Gasteiger partial charge in [-0.3, -0.25) is 0 Å². The standard InChI is InChI=1S/C14H28N2O3/c1-10(8-15-13(17)19-14(2,3)4)16-12(9-18-5)11-6-7-11/h10-12,16H,6-9H2,1-5H3,(H,15,17). The summed E-state index contributed by atoms with van der Waals surface area (Å²) in [6.45, 7) is 8.91. The van der Waals surface area contributed by atoms with Crippen LogP contribution in [0.25, 0.3) is 0 Å². The first-order chi connectivity index (χ1) is 8.81. The van der Waals surface area contributed by atoms with Crippen LogP contribution in [0.3, 0.4) is 0 Å². The fourth-order valence-electron chi connectivity index (χ4n) is 1.97. The molecule has 5 nitrogen and oxygen atoms in total. The molecule has 0 heterocycles. The van der Waals surface area contributed by atoms with Crippen molar-refractivity contribution < 1.29 is 14.3 Å². The fourth-order valence-corrected chi connectivity index (χ4v) is 1.97. The monoisotopic (exact) mass is 272 g/mol. The van der Waals surface area contributed by atoms with Gasteiger partial charge in [0.1, 0.15) is 5.60 Å². The second-order valence-corrected chi connectivity index (χ2v) is 6.35. The van der Waals surface area contributed by atoms with E-state index < -0.39 is 5.60 Å². The summed E-state index contributed by atoms with van der Waals surface area (Å²) >= 11 is 0. The van der Waals surface area contributed by atoms with E-state index >= 15 is 0 Å². The molecule has 112 valence electrons. The average molecular weight is 272 g/mol.